The molecule has 5 aliphatic rings. The Morgan fingerprint density at radius 1 is 1.07 bits per heavy atom. The maximum absolute atomic E-state index is 14.8. The highest BCUT2D eigenvalue weighted by atomic mass is 16.7. The van der Waals surface area contributed by atoms with Gasteiger partial charge in [0.2, 0.25) is 18.6 Å². The number of aliphatic carboxylic acids is 1. The fraction of sp³-hybridized carbons (Fsp3) is 0.488. The molecular formula is C41H47N5O9. The average Bonchev–Trinajstić information content (AvgIpc) is 3.75. The monoisotopic (exact) mass is 753 g/mol. The number of benzene rings is 2. The number of hydrogen-bond donors (Lipinski definition) is 2. The average molecular weight is 754 g/mol. The number of hydrogen-bond acceptors (Lipinski definition) is 9. The first kappa shape index (κ1) is 36.4. The quantitative estimate of drug-likeness (QED) is 0.245. The third-order valence-electron chi connectivity index (χ3n) is 11.9. The number of urea groups is 1. The summed E-state index contributed by atoms with van der Waals surface area (Å²) in [4.78, 5) is 65.3. The minimum Gasteiger partial charge on any atom is -0.497 e. The van der Waals surface area contributed by atoms with Crippen LogP contribution in [0.5, 0.6) is 23.0 Å². The molecule has 55 heavy (non-hydrogen) atoms. The van der Waals surface area contributed by atoms with Crippen molar-refractivity contribution in [2.75, 3.05) is 33.5 Å². The standard InChI is InChI=1S/C41H47N5O9/c1-5-25-20-41(25,39(49)50)43-37(47)32-18-28(21-46(32)38(48)36(23(2)3)45-15-14-44(40(45)51)26-8-6-7-9-26)55-34-19-30(24-10-13-33-35(16-24)54-22-53-33)42-31-17-27(52-4)11-12-29(31)34/h5,10-13,16-17,19,23,25-26,28,32,36H,1,6-9,14-15,18,20-22H2,2-4H3,(H,43,47)(H,49,50)/t25-,28-,32+,36+,41-/m1/s1. The minimum atomic E-state index is -1.49. The smallest absolute Gasteiger partial charge is 0.330 e. The van der Waals surface area contributed by atoms with E-state index in [1.54, 1.807) is 12.0 Å². The molecule has 4 fully saturated rings. The fourth-order valence-electron chi connectivity index (χ4n) is 8.81. The largest absolute Gasteiger partial charge is 0.497 e. The molecule has 8 rings (SSSR count). The Balaban J connectivity index is 1.12. The van der Waals surface area contributed by atoms with Crippen molar-refractivity contribution < 1.29 is 43.2 Å². The van der Waals surface area contributed by atoms with Gasteiger partial charge in [0.25, 0.3) is 0 Å². The Morgan fingerprint density at radius 2 is 1.85 bits per heavy atom. The van der Waals surface area contributed by atoms with Gasteiger partial charge in [0, 0.05) is 54.6 Å². The van der Waals surface area contributed by atoms with Gasteiger partial charge in [-0.25, -0.2) is 14.6 Å². The first-order chi connectivity index (χ1) is 26.5. The van der Waals surface area contributed by atoms with Crippen LogP contribution < -0.4 is 24.3 Å². The summed E-state index contributed by atoms with van der Waals surface area (Å²) in [6, 6.07) is 11.0. The molecule has 1 aromatic heterocycles. The number of aromatic nitrogens is 1. The van der Waals surface area contributed by atoms with Crippen LogP contribution in [0, 0.1) is 11.8 Å². The number of carbonyl (C=O) groups excluding carboxylic acids is 3. The van der Waals surface area contributed by atoms with Crippen LogP contribution in [-0.2, 0) is 14.4 Å². The van der Waals surface area contributed by atoms with Gasteiger partial charge in [-0.15, -0.1) is 6.58 Å². The SMILES string of the molecule is C=C[C@@H]1C[C@]1(NC(=O)[C@@H]1C[C@@H](Oc2cc(-c3ccc4c(c3)OCO4)nc3cc(OC)ccc23)CN1C(=O)[C@H](C(C)C)N1CCN(C2CCCC2)C1=O)C(=O)O. The van der Waals surface area contributed by atoms with Crippen LogP contribution in [0.25, 0.3) is 22.2 Å². The number of methoxy groups -OCH3 is 1. The minimum absolute atomic E-state index is 0.0405. The molecule has 2 aliphatic carbocycles. The zero-order valence-electron chi connectivity index (χ0n) is 31.4. The maximum atomic E-state index is 14.8. The van der Waals surface area contributed by atoms with Crippen LogP contribution in [0.3, 0.4) is 0 Å². The van der Waals surface area contributed by atoms with Gasteiger partial charge in [-0.1, -0.05) is 32.8 Å². The van der Waals surface area contributed by atoms with Crippen LogP contribution in [0.15, 0.2) is 55.1 Å². The highest BCUT2D eigenvalue weighted by Crippen LogP contribution is 2.45. The first-order valence-corrected chi connectivity index (χ1v) is 19.1. The Hall–Kier alpha value is -5.53. The molecule has 14 nitrogen and oxygen atoms in total. The first-order valence-electron chi connectivity index (χ1n) is 19.1. The molecule has 2 saturated carbocycles. The molecule has 0 radical (unpaired) electrons. The summed E-state index contributed by atoms with van der Waals surface area (Å²) in [6.45, 7) is 8.68. The van der Waals surface area contributed by atoms with Gasteiger partial charge in [-0.2, -0.15) is 0 Å². The zero-order valence-corrected chi connectivity index (χ0v) is 31.4. The van der Waals surface area contributed by atoms with Crippen LogP contribution >= 0.6 is 0 Å². The van der Waals surface area contributed by atoms with Crippen LogP contribution in [0.1, 0.15) is 52.4 Å². The molecule has 3 aromatic rings. The predicted molar refractivity (Wildman–Crippen MR) is 201 cm³/mol. The molecule has 5 atom stereocenters. The molecule has 0 unspecified atom stereocenters. The summed E-state index contributed by atoms with van der Waals surface area (Å²) in [5.74, 6) is -0.471. The number of carboxylic acid groups (broad SMARTS) is 1. The van der Waals surface area contributed by atoms with Gasteiger partial charge in [0.1, 0.15) is 35.2 Å². The van der Waals surface area contributed by atoms with Gasteiger partial charge in [0.05, 0.1) is 24.9 Å². The van der Waals surface area contributed by atoms with Crippen molar-refractivity contribution in [2.24, 2.45) is 11.8 Å². The van der Waals surface area contributed by atoms with Crippen molar-refractivity contribution in [3.8, 4) is 34.3 Å². The van der Waals surface area contributed by atoms with Gasteiger partial charge in [-0.3, -0.25) is 9.59 Å². The van der Waals surface area contributed by atoms with E-state index in [2.05, 4.69) is 11.9 Å². The molecule has 0 spiro atoms. The predicted octanol–water partition coefficient (Wildman–Crippen LogP) is 4.84. The molecule has 0 bridgehead atoms. The van der Waals surface area contributed by atoms with Crippen molar-refractivity contribution in [3.63, 3.8) is 0 Å². The normalized spacial score (nSPS) is 25.1. The molecular weight excluding hydrogens is 706 g/mol. The Morgan fingerprint density at radius 3 is 2.56 bits per heavy atom. The van der Waals surface area contributed by atoms with Gasteiger partial charge < -0.3 is 44.1 Å². The maximum Gasteiger partial charge on any atom is 0.330 e. The van der Waals surface area contributed by atoms with Gasteiger partial charge >= 0.3 is 12.0 Å². The number of rotatable bonds is 12. The fourth-order valence-corrected chi connectivity index (χ4v) is 8.81. The number of nitrogens with zero attached hydrogens (tertiary/aromatic N) is 4. The lowest BCUT2D eigenvalue weighted by atomic mass is 10.0. The number of pyridine rings is 1. The van der Waals surface area contributed by atoms with Crippen molar-refractivity contribution in [1.82, 2.24) is 25.0 Å². The van der Waals surface area contributed by atoms with E-state index < -0.39 is 41.5 Å². The second-order valence-electron chi connectivity index (χ2n) is 15.5. The van der Waals surface area contributed by atoms with Crippen molar-refractivity contribution in [3.05, 3.63) is 55.1 Å². The number of nitrogens with one attached hydrogen (secondary N) is 1. The molecule has 290 valence electrons. The van der Waals surface area contributed by atoms with E-state index in [4.69, 9.17) is 23.9 Å². The van der Waals surface area contributed by atoms with E-state index in [1.165, 1.54) is 11.0 Å². The number of ether oxygens (including phenoxy) is 4. The summed E-state index contributed by atoms with van der Waals surface area (Å²) < 4.78 is 23.4. The second-order valence-corrected chi connectivity index (χ2v) is 15.5. The summed E-state index contributed by atoms with van der Waals surface area (Å²) in [7, 11) is 1.58. The van der Waals surface area contributed by atoms with E-state index in [0.29, 0.717) is 52.7 Å². The number of fused-ring (bicyclic) bond motifs is 2. The van der Waals surface area contributed by atoms with E-state index in [1.807, 2.05) is 61.2 Å². The molecule has 2 saturated heterocycles. The van der Waals surface area contributed by atoms with E-state index in [-0.39, 0.29) is 50.1 Å². The summed E-state index contributed by atoms with van der Waals surface area (Å²) in [6.07, 6.45) is 5.24. The number of carboxylic acids is 1. The topological polar surface area (TPSA) is 160 Å². The van der Waals surface area contributed by atoms with Crippen LogP contribution in [-0.4, -0.2) is 112 Å². The molecule has 3 aliphatic heterocycles. The zero-order chi connectivity index (χ0) is 38.6. The highest BCUT2D eigenvalue weighted by molar-refractivity contribution is 5.97. The number of carbonyl (C=O) groups is 4. The van der Waals surface area contributed by atoms with Crippen LogP contribution in [0.2, 0.25) is 0 Å². The van der Waals surface area contributed by atoms with Crippen LogP contribution in [0.4, 0.5) is 4.79 Å². The lowest BCUT2D eigenvalue weighted by Gasteiger charge is -2.35. The van der Waals surface area contributed by atoms with Crippen molar-refractivity contribution >= 4 is 34.7 Å². The third-order valence-corrected chi connectivity index (χ3v) is 11.9. The highest BCUT2D eigenvalue weighted by Gasteiger charge is 2.61. The molecule has 4 heterocycles. The van der Waals surface area contributed by atoms with Crippen molar-refractivity contribution in [2.45, 2.75) is 82.1 Å². The van der Waals surface area contributed by atoms with E-state index in [0.717, 1.165) is 31.2 Å². The second kappa shape index (κ2) is 14.3. The summed E-state index contributed by atoms with van der Waals surface area (Å²) >= 11 is 0. The van der Waals surface area contributed by atoms with E-state index >= 15 is 0 Å². The number of amides is 4. The van der Waals surface area contributed by atoms with Gasteiger partial charge in [-0.05, 0) is 55.5 Å². The molecule has 4 amide bonds. The summed E-state index contributed by atoms with van der Waals surface area (Å²) in [5.41, 5.74) is 0.482. The van der Waals surface area contributed by atoms with Crippen molar-refractivity contribution in [1.29, 1.82) is 0 Å². The third kappa shape index (κ3) is 6.54. The Labute approximate surface area is 319 Å². The lowest BCUT2D eigenvalue weighted by Crippen LogP contribution is -2.58. The van der Waals surface area contributed by atoms with Gasteiger partial charge in [0.15, 0.2) is 11.5 Å². The Bertz CT molecular complexity index is 2050. The summed E-state index contributed by atoms with van der Waals surface area (Å²) in [5, 5.41) is 13.6. The molecule has 14 heteroatoms. The molecule has 2 N–H and O–H groups in total. The lowest BCUT2D eigenvalue weighted by molar-refractivity contribution is -0.146. The Kier molecular flexibility index (Phi) is 9.46. The van der Waals surface area contributed by atoms with E-state index in [9.17, 15) is 24.3 Å². The number of likely N-dealkylation sites (tertiary alicyclic amines) is 1. The molecule has 2 aromatic carbocycles.